The van der Waals surface area contributed by atoms with Crippen LogP contribution in [0, 0.1) is 29.3 Å². The maximum Gasteiger partial charge on any atom is 1.00 e. The van der Waals surface area contributed by atoms with E-state index in [4.69, 9.17) is 0 Å². The van der Waals surface area contributed by atoms with Gasteiger partial charge in [0.2, 0.25) is 0 Å². The minimum atomic E-state index is -1.61. The topological polar surface area (TPSA) is 35.0 Å². The number of hydrogen-bond donors (Lipinski definition) is 0. The predicted octanol–water partition coefficient (Wildman–Crippen LogP) is 4.83. The quantitative estimate of drug-likeness (QED) is 0.145. The molecule has 0 saturated carbocycles. The number of rotatable bonds is 1. The summed E-state index contributed by atoms with van der Waals surface area (Å²) in [5, 5.41) is 2.28. The molecule has 0 N–H and O–H groups in total. The Labute approximate surface area is 162 Å². The smallest absolute Gasteiger partial charge is 0.516 e. The third-order valence-electron chi connectivity index (χ3n) is 3.55. The van der Waals surface area contributed by atoms with Gasteiger partial charge in [0.15, 0.2) is 0 Å². The molecule has 0 amide bonds. The number of pyridine rings is 2. The van der Waals surface area contributed by atoms with Gasteiger partial charge in [-0.1, -0.05) is 24.3 Å². The van der Waals surface area contributed by atoms with Crippen molar-refractivity contribution in [3.05, 3.63) is 78.1 Å². The van der Waals surface area contributed by atoms with Crippen LogP contribution in [0.3, 0.4) is 0 Å². The minimum absolute atomic E-state index is 0. The summed E-state index contributed by atoms with van der Waals surface area (Å²) in [7, 11) is 0.903. The van der Waals surface area contributed by atoms with Gasteiger partial charge in [-0.25, -0.2) is 8.78 Å². The van der Waals surface area contributed by atoms with Crippen molar-refractivity contribution in [3.8, 4) is 5.75 Å². The molecule has 2 aromatic heterocycles. The second kappa shape index (κ2) is 8.79. The second-order valence-corrected chi connectivity index (χ2v) is 5.13. The van der Waals surface area contributed by atoms with Crippen LogP contribution in [0.1, 0.15) is 0 Å². The van der Waals surface area contributed by atoms with E-state index in [-0.39, 0.29) is 17.1 Å². The largest absolute Gasteiger partial charge is 1.00 e. The monoisotopic (exact) mass is 422 g/mol. The molecular formula is C19H11CuF4N2O. The van der Waals surface area contributed by atoms with E-state index < -0.39 is 29.0 Å². The van der Waals surface area contributed by atoms with Crippen molar-refractivity contribution < 1.29 is 39.4 Å². The number of fused-ring (bicyclic) bond motifs is 3. The molecule has 0 unspecified atom stereocenters. The number of methoxy groups -OCH3 is 1. The molecule has 0 radical (unpaired) electrons. The first-order valence-corrected chi connectivity index (χ1v) is 7.40. The van der Waals surface area contributed by atoms with Crippen LogP contribution >= 0.6 is 0 Å². The maximum atomic E-state index is 12.5. The van der Waals surface area contributed by atoms with Gasteiger partial charge in [-0.15, -0.1) is 6.07 Å². The summed E-state index contributed by atoms with van der Waals surface area (Å²) in [5.74, 6) is -7.46. The van der Waals surface area contributed by atoms with Crippen molar-refractivity contribution in [3.63, 3.8) is 0 Å². The Morgan fingerprint density at radius 2 is 1.22 bits per heavy atom. The Bertz CT molecular complexity index is 1010. The molecule has 2 heterocycles. The van der Waals surface area contributed by atoms with E-state index in [0.29, 0.717) is 0 Å². The van der Waals surface area contributed by atoms with Gasteiger partial charge in [-0.3, -0.25) is 18.7 Å². The fraction of sp³-hybridized carbons (Fsp3) is 0.0526. The fourth-order valence-electron chi connectivity index (χ4n) is 2.36. The molecular weight excluding hydrogens is 412 g/mol. The van der Waals surface area contributed by atoms with Crippen LogP contribution in [0.2, 0.25) is 0 Å². The summed E-state index contributed by atoms with van der Waals surface area (Å²) in [6, 6.07) is 13.4. The van der Waals surface area contributed by atoms with Crippen LogP contribution in [0.4, 0.5) is 17.6 Å². The van der Waals surface area contributed by atoms with Gasteiger partial charge in [-0.2, -0.15) is 0 Å². The Hall–Kier alpha value is -2.70. The first kappa shape index (κ1) is 20.6. The predicted molar refractivity (Wildman–Crippen MR) is 88.7 cm³/mol. The number of ether oxygens (including phenoxy) is 1. The average Bonchev–Trinajstić information content (AvgIpc) is 2.67. The first-order chi connectivity index (χ1) is 12.5. The van der Waals surface area contributed by atoms with E-state index in [1.807, 2.05) is 12.1 Å². The fourth-order valence-corrected chi connectivity index (χ4v) is 2.36. The second-order valence-electron chi connectivity index (χ2n) is 5.13. The van der Waals surface area contributed by atoms with Gasteiger partial charge in [0.1, 0.15) is 0 Å². The third-order valence-corrected chi connectivity index (χ3v) is 3.55. The zero-order valence-electron chi connectivity index (χ0n) is 13.7. The first-order valence-electron chi connectivity index (χ1n) is 7.40. The molecule has 0 aliphatic carbocycles. The Morgan fingerprint density at radius 1 is 0.778 bits per heavy atom. The average molecular weight is 423 g/mol. The summed E-state index contributed by atoms with van der Waals surface area (Å²) in [6.45, 7) is 0. The van der Waals surface area contributed by atoms with Crippen LogP contribution in [0.15, 0.2) is 48.8 Å². The SMILES string of the molecule is COc1c(F)c(F)[c-]c(F)c1F.[Cu+].c1cnc2c(c1)ccc1cccnc12. The van der Waals surface area contributed by atoms with Gasteiger partial charge in [0.05, 0.1) is 47.2 Å². The van der Waals surface area contributed by atoms with Gasteiger partial charge < -0.3 is 4.74 Å². The molecule has 0 bridgehead atoms. The van der Waals surface area contributed by atoms with Crippen molar-refractivity contribution in [2.75, 3.05) is 7.11 Å². The van der Waals surface area contributed by atoms with E-state index in [1.165, 1.54) is 6.07 Å². The molecule has 27 heavy (non-hydrogen) atoms. The van der Waals surface area contributed by atoms with Gasteiger partial charge in [0.25, 0.3) is 0 Å². The molecule has 0 aliphatic heterocycles. The van der Waals surface area contributed by atoms with E-state index in [0.717, 1.165) is 28.9 Å². The molecule has 0 aliphatic rings. The summed E-state index contributed by atoms with van der Waals surface area (Å²) in [5.41, 5.74) is 1.95. The molecule has 4 aromatic rings. The van der Waals surface area contributed by atoms with E-state index in [2.05, 4.69) is 39.0 Å². The number of nitrogens with zero attached hydrogens (tertiary/aromatic N) is 2. The summed E-state index contributed by atoms with van der Waals surface area (Å²) >= 11 is 0. The molecule has 8 heteroatoms. The molecule has 2 aromatic carbocycles. The summed E-state index contributed by atoms with van der Waals surface area (Å²) in [6.07, 6.45) is 3.60. The molecule has 3 nitrogen and oxygen atoms in total. The normalized spacial score (nSPS) is 10.1. The Kier molecular flexibility index (Phi) is 6.71. The molecule has 0 spiro atoms. The van der Waals surface area contributed by atoms with Crippen molar-refractivity contribution in [1.82, 2.24) is 9.97 Å². The molecule has 142 valence electrons. The van der Waals surface area contributed by atoms with Crippen molar-refractivity contribution >= 4 is 21.8 Å². The van der Waals surface area contributed by atoms with E-state index in [9.17, 15) is 17.6 Å². The van der Waals surface area contributed by atoms with Crippen LogP contribution < -0.4 is 4.74 Å². The zero-order valence-corrected chi connectivity index (χ0v) is 14.7. The number of halogens is 4. The molecule has 0 atom stereocenters. The maximum absolute atomic E-state index is 12.5. The van der Waals surface area contributed by atoms with Crippen molar-refractivity contribution in [1.29, 1.82) is 0 Å². The van der Waals surface area contributed by atoms with Gasteiger partial charge >= 0.3 is 17.1 Å². The zero-order chi connectivity index (χ0) is 18.7. The Balaban J connectivity index is 0.000000190. The summed E-state index contributed by atoms with van der Waals surface area (Å²) < 4.78 is 53.7. The van der Waals surface area contributed by atoms with Crippen LogP contribution in [-0.4, -0.2) is 17.1 Å². The van der Waals surface area contributed by atoms with E-state index >= 15 is 0 Å². The summed E-state index contributed by atoms with van der Waals surface area (Å²) in [4.78, 5) is 8.69. The van der Waals surface area contributed by atoms with Crippen molar-refractivity contribution in [2.24, 2.45) is 0 Å². The van der Waals surface area contributed by atoms with Crippen LogP contribution in [-0.2, 0) is 17.1 Å². The number of benzene rings is 2. The van der Waals surface area contributed by atoms with Crippen molar-refractivity contribution in [2.45, 2.75) is 0 Å². The molecule has 0 saturated heterocycles. The molecule has 0 fully saturated rings. The number of aromatic nitrogens is 2. The standard InChI is InChI=1S/C12H8N2.C7H3F4O.Cu/c1-3-9-5-6-10-4-2-8-14-12(10)11(9)13-7-1;1-12-7-5(10)3(8)2-4(9)6(7)11;/h1-8H;1H3;/q;-1;+1. The van der Waals surface area contributed by atoms with Crippen LogP contribution in [0.5, 0.6) is 5.75 Å². The van der Waals surface area contributed by atoms with Gasteiger partial charge in [0, 0.05) is 23.2 Å². The Morgan fingerprint density at radius 3 is 1.63 bits per heavy atom. The van der Waals surface area contributed by atoms with Gasteiger partial charge in [-0.05, 0) is 12.1 Å². The van der Waals surface area contributed by atoms with Crippen LogP contribution in [0.25, 0.3) is 21.8 Å². The van der Waals surface area contributed by atoms with E-state index in [1.54, 1.807) is 12.4 Å². The molecule has 4 rings (SSSR count). The third kappa shape index (κ3) is 4.18. The minimum Gasteiger partial charge on any atom is -0.516 e. The number of hydrogen-bond acceptors (Lipinski definition) is 3.